The van der Waals surface area contributed by atoms with Gasteiger partial charge in [-0.1, -0.05) is 42.5 Å². The number of amides is 1. The third kappa shape index (κ3) is 6.11. The molecule has 3 aromatic carbocycles. The van der Waals surface area contributed by atoms with Crippen molar-refractivity contribution in [3.8, 4) is 38.4 Å². The number of ether oxygens (including phenoxy) is 3. The second kappa shape index (κ2) is 12.3. The first kappa shape index (κ1) is 27.9. The first-order valence-corrected chi connectivity index (χ1v) is 14.4. The van der Waals surface area contributed by atoms with Crippen LogP contribution in [0.2, 0.25) is 0 Å². The molecule has 5 rings (SSSR count). The molecule has 0 fully saturated rings. The SMILES string of the molecule is CCc1cccc(C(=O)Nc2cccc(-c3csc(-c4sc(Nc5cc(OC)c(OC)c(OC)c5)nc4N)n3)c2)c1. The summed E-state index contributed by atoms with van der Waals surface area (Å²) in [4.78, 5) is 22.9. The number of anilines is 4. The molecule has 0 aliphatic carbocycles. The van der Waals surface area contributed by atoms with Crippen LogP contribution in [0.5, 0.6) is 17.2 Å². The number of aryl methyl sites for hydroxylation is 1. The van der Waals surface area contributed by atoms with Crippen LogP contribution in [-0.4, -0.2) is 37.2 Å². The third-order valence-electron chi connectivity index (χ3n) is 6.28. The van der Waals surface area contributed by atoms with Gasteiger partial charge >= 0.3 is 0 Å². The molecule has 210 valence electrons. The molecule has 0 aliphatic heterocycles. The van der Waals surface area contributed by atoms with Crippen LogP contribution in [0.25, 0.3) is 21.1 Å². The van der Waals surface area contributed by atoms with Gasteiger partial charge in [0.05, 0.1) is 27.0 Å². The van der Waals surface area contributed by atoms with Crippen LogP contribution in [0, 0.1) is 0 Å². The fourth-order valence-electron chi connectivity index (χ4n) is 4.22. The van der Waals surface area contributed by atoms with E-state index in [1.165, 1.54) is 22.7 Å². The quantitative estimate of drug-likeness (QED) is 0.158. The number of hydrogen-bond donors (Lipinski definition) is 3. The van der Waals surface area contributed by atoms with Gasteiger partial charge < -0.3 is 30.6 Å². The first-order chi connectivity index (χ1) is 19.9. The Labute approximate surface area is 246 Å². The van der Waals surface area contributed by atoms with E-state index in [4.69, 9.17) is 24.9 Å². The smallest absolute Gasteiger partial charge is 0.255 e. The lowest BCUT2D eigenvalue weighted by Gasteiger charge is -2.14. The minimum atomic E-state index is -0.152. The summed E-state index contributed by atoms with van der Waals surface area (Å²) < 4.78 is 16.3. The number of nitrogens with zero attached hydrogens (tertiary/aromatic N) is 2. The maximum atomic E-state index is 12.8. The van der Waals surface area contributed by atoms with Crippen LogP contribution in [0.15, 0.2) is 66.0 Å². The van der Waals surface area contributed by atoms with Gasteiger partial charge in [0.15, 0.2) is 16.6 Å². The highest BCUT2D eigenvalue weighted by atomic mass is 32.1. The summed E-state index contributed by atoms with van der Waals surface area (Å²) in [7, 11) is 4.69. The first-order valence-electron chi connectivity index (χ1n) is 12.7. The zero-order valence-corrected chi connectivity index (χ0v) is 24.6. The molecule has 0 bridgehead atoms. The van der Waals surface area contributed by atoms with Gasteiger partial charge in [0, 0.05) is 40.0 Å². The molecule has 4 N–H and O–H groups in total. The standard InChI is InChI=1S/C30H29N5O4S2/c1-5-17-8-6-10-19(12-17)28(36)32-20-11-7-9-18(13-20)22-16-40-29(34-22)26-27(31)35-30(41-26)33-21-14-23(37-2)25(39-4)24(15-21)38-3/h6-16H,5,31H2,1-4H3,(H,32,36)(H,33,35). The van der Waals surface area contributed by atoms with Crippen LogP contribution in [0.4, 0.5) is 22.3 Å². The molecule has 2 heterocycles. The van der Waals surface area contributed by atoms with E-state index >= 15 is 0 Å². The minimum absolute atomic E-state index is 0.152. The molecule has 0 saturated heterocycles. The molecular weight excluding hydrogens is 558 g/mol. The normalized spacial score (nSPS) is 10.7. The average Bonchev–Trinajstić information content (AvgIpc) is 3.63. The fourth-order valence-corrected chi connectivity index (χ4v) is 6.05. The second-order valence-electron chi connectivity index (χ2n) is 8.90. The van der Waals surface area contributed by atoms with E-state index in [1.54, 1.807) is 33.5 Å². The highest BCUT2D eigenvalue weighted by Gasteiger charge is 2.18. The summed E-state index contributed by atoms with van der Waals surface area (Å²) in [6.45, 7) is 2.07. The Kier molecular flexibility index (Phi) is 8.37. The van der Waals surface area contributed by atoms with Gasteiger partial charge in [-0.2, -0.15) is 0 Å². The molecule has 0 unspecified atom stereocenters. The van der Waals surface area contributed by atoms with E-state index in [0.717, 1.165) is 33.1 Å². The van der Waals surface area contributed by atoms with E-state index < -0.39 is 0 Å². The largest absolute Gasteiger partial charge is 0.493 e. The highest BCUT2D eigenvalue weighted by molar-refractivity contribution is 7.23. The van der Waals surface area contributed by atoms with Gasteiger partial charge in [0.1, 0.15) is 15.7 Å². The maximum absolute atomic E-state index is 12.8. The number of aromatic nitrogens is 2. The molecule has 2 aromatic heterocycles. The Hall–Kier alpha value is -4.61. The van der Waals surface area contributed by atoms with Crippen LogP contribution < -0.4 is 30.6 Å². The highest BCUT2D eigenvalue weighted by Crippen LogP contribution is 2.43. The molecule has 0 saturated carbocycles. The number of methoxy groups -OCH3 is 3. The van der Waals surface area contributed by atoms with E-state index in [2.05, 4.69) is 22.5 Å². The van der Waals surface area contributed by atoms with Crippen molar-refractivity contribution in [3.05, 3.63) is 77.2 Å². The second-order valence-corrected chi connectivity index (χ2v) is 10.8. The van der Waals surface area contributed by atoms with Crippen LogP contribution in [0.1, 0.15) is 22.8 Å². The Balaban J connectivity index is 1.34. The van der Waals surface area contributed by atoms with Gasteiger partial charge in [-0.05, 0) is 36.2 Å². The van der Waals surface area contributed by atoms with Gasteiger partial charge in [-0.15, -0.1) is 11.3 Å². The molecule has 11 heteroatoms. The predicted molar refractivity (Wildman–Crippen MR) is 166 cm³/mol. The van der Waals surface area contributed by atoms with Gasteiger partial charge in [0.25, 0.3) is 5.91 Å². The zero-order valence-electron chi connectivity index (χ0n) is 23.0. The number of nitrogens with two attached hydrogens (primary N) is 1. The van der Waals surface area contributed by atoms with Crippen molar-refractivity contribution in [2.45, 2.75) is 13.3 Å². The van der Waals surface area contributed by atoms with Crippen LogP contribution in [0.3, 0.4) is 0 Å². The van der Waals surface area contributed by atoms with Crippen LogP contribution in [-0.2, 0) is 6.42 Å². The van der Waals surface area contributed by atoms with Crippen molar-refractivity contribution in [2.75, 3.05) is 37.7 Å². The summed E-state index contributed by atoms with van der Waals surface area (Å²) >= 11 is 2.87. The summed E-state index contributed by atoms with van der Waals surface area (Å²) in [5.41, 5.74) is 11.1. The molecular formula is C30H29N5O4S2. The van der Waals surface area contributed by atoms with Gasteiger partial charge in [0.2, 0.25) is 5.75 Å². The van der Waals surface area contributed by atoms with Crippen molar-refractivity contribution in [1.82, 2.24) is 9.97 Å². The molecule has 0 spiro atoms. The predicted octanol–water partition coefficient (Wildman–Crippen LogP) is 7.10. The maximum Gasteiger partial charge on any atom is 0.255 e. The topological polar surface area (TPSA) is 121 Å². The lowest BCUT2D eigenvalue weighted by atomic mass is 10.1. The Bertz CT molecular complexity index is 1670. The van der Waals surface area contributed by atoms with E-state index in [1.807, 2.05) is 53.9 Å². The fraction of sp³-hybridized carbons (Fsp3) is 0.167. The van der Waals surface area contributed by atoms with Crippen molar-refractivity contribution >= 4 is 50.9 Å². The molecule has 0 aliphatic rings. The number of benzene rings is 3. The molecule has 5 aromatic rings. The summed E-state index contributed by atoms with van der Waals surface area (Å²) in [6.07, 6.45) is 0.871. The van der Waals surface area contributed by atoms with E-state index in [9.17, 15) is 4.79 Å². The van der Waals surface area contributed by atoms with E-state index in [0.29, 0.717) is 45.1 Å². The molecule has 1 amide bonds. The Morgan fingerprint density at radius 1 is 0.927 bits per heavy atom. The van der Waals surface area contributed by atoms with Crippen molar-refractivity contribution in [3.63, 3.8) is 0 Å². The zero-order chi connectivity index (χ0) is 28.9. The summed E-state index contributed by atoms with van der Waals surface area (Å²) in [5, 5.41) is 9.57. The Morgan fingerprint density at radius 3 is 2.39 bits per heavy atom. The third-order valence-corrected chi connectivity index (χ3v) is 8.26. The Morgan fingerprint density at radius 2 is 1.68 bits per heavy atom. The molecule has 0 radical (unpaired) electrons. The van der Waals surface area contributed by atoms with Gasteiger partial charge in [-0.25, -0.2) is 9.97 Å². The molecule has 0 atom stereocenters. The molecule has 9 nitrogen and oxygen atoms in total. The minimum Gasteiger partial charge on any atom is -0.493 e. The summed E-state index contributed by atoms with van der Waals surface area (Å²) in [6, 6.07) is 18.9. The van der Waals surface area contributed by atoms with E-state index in [-0.39, 0.29) is 5.91 Å². The number of nitrogens with one attached hydrogen (secondary N) is 2. The monoisotopic (exact) mass is 587 g/mol. The lowest BCUT2D eigenvalue weighted by molar-refractivity contribution is 0.102. The lowest BCUT2D eigenvalue weighted by Crippen LogP contribution is -2.12. The number of carbonyl (C=O) groups excluding carboxylic acids is 1. The molecule has 41 heavy (non-hydrogen) atoms. The number of hydrogen-bond acceptors (Lipinski definition) is 10. The average molecular weight is 588 g/mol. The number of thiazole rings is 2. The van der Waals surface area contributed by atoms with Crippen molar-refractivity contribution in [2.24, 2.45) is 0 Å². The summed E-state index contributed by atoms with van der Waals surface area (Å²) in [5.74, 6) is 1.78. The van der Waals surface area contributed by atoms with Crippen molar-refractivity contribution < 1.29 is 19.0 Å². The number of carbonyl (C=O) groups is 1. The van der Waals surface area contributed by atoms with Crippen molar-refractivity contribution in [1.29, 1.82) is 0 Å². The number of rotatable bonds is 10. The van der Waals surface area contributed by atoms with Gasteiger partial charge in [-0.3, -0.25) is 4.79 Å². The number of nitrogen functional groups attached to an aromatic ring is 1. The van der Waals surface area contributed by atoms with Crippen LogP contribution >= 0.6 is 22.7 Å².